The summed E-state index contributed by atoms with van der Waals surface area (Å²) in [4.78, 5) is 4.27. The van der Waals surface area contributed by atoms with Crippen LogP contribution < -0.4 is 11.7 Å². The van der Waals surface area contributed by atoms with Gasteiger partial charge in [-0.1, -0.05) is 0 Å². The highest BCUT2D eigenvalue weighted by Gasteiger charge is 2.11. The molecule has 8 heteroatoms. The second-order valence-corrected chi connectivity index (χ2v) is 3.91. The first kappa shape index (κ1) is 11.7. The van der Waals surface area contributed by atoms with E-state index in [2.05, 4.69) is 10.1 Å². The van der Waals surface area contributed by atoms with Crippen molar-refractivity contribution in [3.8, 4) is 0 Å². The van der Waals surface area contributed by atoms with E-state index in [-0.39, 0.29) is 12.3 Å². The maximum absolute atomic E-state index is 12.6. The standard InChI is InChI=1S/C9H11FN6S/c1-15(12)9(14-11)7-3-2-6-4-5-16(17-10)8(6)13-7/h2-5H,11-12H2,1H3/b14-9-. The van der Waals surface area contributed by atoms with Gasteiger partial charge in [-0.05, 0) is 18.2 Å². The van der Waals surface area contributed by atoms with Gasteiger partial charge in [-0.2, -0.15) is 5.10 Å². The predicted octanol–water partition coefficient (Wildman–Crippen LogP) is 0.843. The quantitative estimate of drug-likeness (QED) is 0.359. The molecule has 0 aliphatic heterocycles. The SMILES string of the molecule is CN(N)/C(=N\N)c1ccc2ccn(SF)c2n1. The molecule has 0 atom stereocenters. The Morgan fingerprint density at radius 1 is 1.53 bits per heavy atom. The summed E-state index contributed by atoms with van der Waals surface area (Å²) >= 11 is 0.0796. The van der Waals surface area contributed by atoms with Gasteiger partial charge in [0.1, 0.15) is 5.69 Å². The van der Waals surface area contributed by atoms with Crippen molar-refractivity contribution in [3.05, 3.63) is 30.1 Å². The van der Waals surface area contributed by atoms with Crippen molar-refractivity contribution in [2.45, 2.75) is 0 Å². The monoisotopic (exact) mass is 254 g/mol. The number of hydrazone groups is 1. The minimum Gasteiger partial charge on any atom is -0.321 e. The molecule has 0 spiro atoms. The van der Waals surface area contributed by atoms with Crippen LogP contribution in [-0.2, 0) is 0 Å². The van der Waals surface area contributed by atoms with Gasteiger partial charge in [0.25, 0.3) is 0 Å². The molecule has 0 aliphatic rings. The Hall–Kier alpha value is -1.80. The highest BCUT2D eigenvalue weighted by Crippen LogP contribution is 2.20. The summed E-state index contributed by atoms with van der Waals surface area (Å²) in [6, 6.07) is 5.30. The Kier molecular flexibility index (Phi) is 3.16. The maximum atomic E-state index is 12.6. The molecule has 2 heterocycles. The molecule has 2 aromatic heterocycles. The largest absolute Gasteiger partial charge is 0.321 e. The van der Waals surface area contributed by atoms with Crippen molar-refractivity contribution < 1.29 is 3.89 Å². The van der Waals surface area contributed by atoms with Gasteiger partial charge in [-0.25, -0.2) is 14.8 Å². The van der Waals surface area contributed by atoms with Gasteiger partial charge in [0.05, 0.1) is 0 Å². The van der Waals surface area contributed by atoms with Crippen LogP contribution in [-0.4, -0.2) is 26.8 Å². The fourth-order valence-corrected chi connectivity index (χ4v) is 1.82. The van der Waals surface area contributed by atoms with Crippen LogP contribution in [0.25, 0.3) is 11.0 Å². The van der Waals surface area contributed by atoms with Crippen LogP contribution in [0.2, 0.25) is 0 Å². The number of rotatable bonds is 2. The number of halogens is 1. The lowest BCUT2D eigenvalue weighted by atomic mass is 10.3. The van der Waals surface area contributed by atoms with E-state index in [0.717, 1.165) is 5.39 Å². The second kappa shape index (κ2) is 4.60. The molecule has 90 valence electrons. The van der Waals surface area contributed by atoms with Crippen molar-refractivity contribution in [1.29, 1.82) is 0 Å². The molecule has 4 N–H and O–H groups in total. The average molecular weight is 254 g/mol. The van der Waals surface area contributed by atoms with E-state index in [1.807, 2.05) is 0 Å². The van der Waals surface area contributed by atoms with Gasteiger partial charge >= 0.3 is 0 Å². The lowest BCUT2D eigenvalue weighted by Gasteiger charge is -2.13. The zero-order valence-corrected chi connectivity index (χ0v) is 9.86. The minimum absolute atomic E-state index is 0.0796. The summed E-state index contributed by atoms with van der Waals surface area (Å²) in [6.07, 6.45) is 1.59. The van der Waals surface area contributed by atoms with E-state index in [9.17, 15) is 3.89 Å². The zero-order chi connectivity index (χ0) is 12.4. The number of aromatic nitrogens is 2. The topological polar surface area (TPSA) is 85.5 Å². The number of amidine groups is 1. The van der Waals surface area contributed by atoms with Crippen molar-refractivity contribution in [3.63, 3.8) is 0 Å². The Bertz CT molecular complexity index is 564. The maximum Gasteiger partial charge on any atom is 0.187 e. The number of nitrogens with zero attached hydrogens (tertiary/aromatic N) is 4. The number of pyridine rings is 1. The molecular weight excluding hydrogens is 243 g/mol. The Balaban J connectivity index is 2.56. The van der Waals surface area contributed by atoms with Crippen LogP contribution in [0.5, 0.6) is 0 Å². The second-order valence-electron chi connectivity index (χ2n) is 3.38. The van der Waals surface area contributed by atoms with Gasteiger partial charge in [0.2, 0.25) is 0 Å². The molecule has 0 amide bonds. The predicted molar refractivity (Wildman–Crippen MR) is 66.5 cm³/mol. The number of fused-ring (bicyclic) bond motifs is 1. The Morgan fingerprint density at radius 2 is 2.29 bits per heavy atom. The Labute approximate surface area is 101 Å². The molecule has 0 saturated carbocycles. The van der Waals surface area contributed by atoms with Crippen molar-refractivity contribution in [1.82, 2.24) is 14.0 Å². The first-order valence-corrected chi connectivity index (χ1v) is 5.38. The first-order valence-electron chi connectivity index (χ1n) is 4.71. The van der Waals surface area contributed by atoms with E-state index < -0.39 is 0 Å². The number of nitrogens with two attached hydrogens (primary N) is 2. The summed E-state index contributed by atoms with van der Waals surface area (Å²) in [5.41, 5.74) is 0.983. The molecular formula is C9H11FN6S. The van der Waals surface area contributed by atoms with Gasteiger partial charge in [-0.3, -0.25) is 5.01 Å². The molecule has 0 saturated heterocycles. The van der Waals surface area contributed by atoms with E-state index in [1.54, 1.807) is 31.4 Å². The van der Waals surface area contributed by atoms with Crippen molar-refractivity contribution >= 4 is 29.2 Å². The molecule has 0 unspecified atom stereocenters. The molecule has 0 fully saturated rings. The summed E-state index contributed by atoms with van der Waals surface area (Å²) in [5, 5.41) is 5.63. The summed E-state index contributed by atoms with van der Waals surface area (Å²) < 4.78 is 13.9. The molecule has 0 aromatic carbocycles. The number of hydrogen-bond acceptors (Lipinski definition) is 5. The van der Waals surface area contributed by atoms with Crippen LogP contribution >= 0.6 is 12.3 Å². The zero-order valence-electron chi connectivity index (χ0n) is 9.04. The normalized spacial score (nSPS) is 12.1. The molecule has 0 aliphatic carbocycles. The van der Waals surface area contributed by atoms with Gasteiger partial charge in [-0.15, -0.1) is 3.89 Å². The van der Waals surface area contributed by atoms with Crippen LogP contribution in [0.15, 0.2) is 29.5 Å². The average Bonchev–Trinajstić information content (AvgIpc) is 2.71. The fraction of sp³-hybridized carbons (Fsp3) is 0.111. The van der Waals surface area contributed by atoms with E-state index in [4.69, 9.17) is 11.7 Å². The lowest BCUT2D eigenvalue weighted by molar-refractivity contribution is 0.536. The van der Waals surface area contributed by atoms with Gasteiger partial charge in [0.15, 0.2) is 23.8 Å². The summed E-state index contributed by atoms with van der Waals surface area (Å²) in [5.74, 6) is 11.1. The highest BCUT2D eigenvalue weighted by atomic mass is 32.2. The molecule has 0 bridgehead atoms. The smallest absolute Gasteiger partial charge is 0.187 e. The molecule has 2 aromatic rings. The Morgan fingerprint density at radius 3 is 2.88 bits per heavy atom. The summed E-state index contributed by atoms with van der Waals surface area (Å²) in [6.45, 7) is 0. The third kappa shape index (κ3) is 2.04. The van der Waals surface area contributed by atoms with Gasteiger partial charge in [0, 0.05) is 18.6 Å². The van der Waals surface area contributed by atoms with Crippen molar-refractivity contribution in [2.75, 3.05) is 7.05 Å². The van der Waals surface area contributed by atoms with Crippen LogP contribution in [0.1, 0.15) is 5.69 Å². The molecule has 17 heavy (non-hydrogen) atoms. The van der Waals surface area contributed by atoms with Crippen LogP contribution in [0.3, 0.4) is 0 Å². The minimum atomic E-state index is 0.0796. The first-order chi connectivity index (χ1) is 8.17. The van der Waals surface area contributed by atoms with E-state index in [0.29, 0.717) is 17.2 Å². The molecule has 6 nitrogen and oxygen atoms in total. The summed E-state index contributed by atoms with van der Waals surface area (Å²) in [7, 11) is 1.60. The molecule has 0 radical (unpaired) electrons. The van der Waals surface area contributed by atoms with E-state index >= 15 is 0 Å². The fourth-order valence-electron chi connectivity index (χ4n) is 1.50. The van der Waals surface area contributed by atoms with Crippen LogP contribution in [0.4, 0.5) is 3.89 Å². The third-order valence-electron chi connectivity index (χ3n) is 2.26. The van der Waals surface area contributed by atoms with Crippen LogP contribution in [0, 0.1) is 0 Å². The molecule has 2 rings (SSSR count). The number of hydrogen-bond donors (Lipinski definition) is 2. The number of hydrazine groups is 1. The van der Waals surface area contributed by atoms with Crippen molar-refractivity contribution in [2.24, 2.45) is 16.8 Å². The lowest BCUT2D eigenvalue weighted by Crippen LogP contribution is -2.35. The third-order valence-corrected chi connectivity index (χ3v) is 2.71. The highest BCUT2D eigenvalue weighted by molar-refractivity contribution is 7.92. The van der Waals surface area contributed by atoms with E-state index in [1.165, 1.54) is 8.98 Å². The van der Waals surface area contributed by atoms with Gasteiger partial charge < -0.3 is 5.84 Å².